The van der Waals surface area contributed by atoms with Crippen LogP contribution in [0.4, 0.5) is 5.69 Å². The van der Waals surface area contributed by atoms with Gasteiger partial charge in [-0.25, -0.2) is 4.98 Å². The lowest BCUT2D eigenvalue weighted by molar-refractivity contribution is 0.867. The van der Waals surface area contributed by atoms with Crippen LogP contribution >= 0.6 is 11.3 Å². The van der Waals surface area contributed by atoms with Gasteiger partial charge in [0.15, 0.2) is 0 Å². The Kier molecular flexibility index (Phi) is 3.99. The monoisotopic (exact) mass is 308 g/mol. The summed E-state index contributed by atoms with van der Waals surface area (Å²) in [7, 11) is 0. The first-order chi connectivity index (χ1) is 10.5. The summed E-state index contributed by atoms with van der Waals surface area (Å²) in [5, 5.41) is 1.02. The summed E-state index contributed by atoms with van der Waals surface area (Å²) in [4.78, 5) is 6.06. The van der Waals surface area contributed by atoms with Crippen molar-refractivity contribution in [3.63, 3.8) is 0 Å². The number of anilines is 1. The lowest BCUT2D eigenvalue weighted by Crippen LogP contribution is -1.88. The first-order valence-corrected chi connectivity index (χ1v) is 8.30. The normalized spacial score (nSPS) is 11.1. The lowest BCUT2D eigenvalue weighted by Gasteiger charge is -2.06. The van der Waals surface area contributed by atoms with Gasteiger partial charge in [0.05, 0.1) is 5.69 Å². The van der Waals surface area contributed by atoms with Gasteiger partial charge in [-0.15, -0.1) is 11.3 Å². The minimum absolute atomic E-state index is 0.549. The van der Waals surface area contributed by atoms with Gasteiger partial charge in [-0.1, -0.05) is 50.2 Å². The Bertz CT molecular complexity index is 785. The summed E-state index contributed by atoms with van der Waals surface area (Å²) in [6.45, 7) is 6.54. The molecule has 0 atom stereocenters. The molecular weight excluding hydrogens is 288 g/mol. The van der Waals surface area contributed by atoms with Crippen LogP contribution < -0.4 is 5.73 Å². The van der Waals surface area contributed by atoms with E-state index in [1.807, 2.05) is 18.2 Å². The average Bonchev–Trinajstić information content (AvgIpc) is 2.89. The van der Waals surface area contributed by atoms with Crippen molar-refractivity contribution in [3.8, 4) is 21.8 Å². The topological polar surface area (TPSA) is 38.9 Å². The van der Waals surface area contributed by atoms with Crippen molar-refractivity contribution < 1.29 is 0 Å². The van der Waals surface area contributed by atoms with E-state index in [4.69, 9.17) is 10.7 Å². The van der Waals surface area contributed by atoms with E-state index >= 15 is 0 Å². The van der Waals surface area contributed by atoms with E-state index in [9.17, 15) is 0 Å². The van der Waals surface area contributed by atoms with Gasteiger partial charge < -0.3 is 5.73 Å². The number of nitrogens with two attached hydrogens (primary N) is 1. The van der Waals surface area contributed by atoms with Gasteiger partial charge in [-0.05, 0) is 30.5 Å². The molecular formula is C19H20N2S. The zero-order chi connectivity index (χ0) is 15.7. The molecule has 0 bridgehead atoms. The smallest absolute Gasteiger partial charge is 0.124 e. The van der Waals surface area contributed by atoms with Crippen molar-refractivity contribution in [2.75, 3.05) is 5.73 Å². The van der Waals surface area contributed by atoms with Crippen molar-refractivity contribution in [1.82, 2.24) is 4.98 Å². The third-order valence-corrected chi connectivity index (χ3v) is 4.80. The molecule has 0 spiro atoms. The van der Waals surface area contributed by atoms with Gasteiger partial charge in [0.25, 0.3) is 0 Å². The molecule has 0 amide bonds. The molecule has 1 heterocycles. The molecule has 0 aliphatic rings. The molecule has 0 fully saturated rings. The molecule has 0 aliphatic heterocycles. The molecule has 1 aromatic heterocycles. The molecule has 0 unspecified atom stereocenters. The summed E-state index contributed by atoms with van der Waals surface area (Å²) in [5.41, 5.74) is 11.3. The fraction of sp³-hybridized carbons (Fsp3) is 0.211. The second kappa shape index (κ2) is 5.93. The van der Waals surface area contributed by atoms with Crippen molar-refractivity contribution >= 4 is 17.0 Å². The Labute approximate surface area is 135 Å². The van der Waals surface area contributed by atoms with E-state index in [0.29, 0.717) is 5.92 Å². The Morgan fingerprint density at radius 2 is 1.73 bits per heavy atom. The van der Waals surface area contributed by atoms with Crippen LogP contribution in [0.2, 0.25) is 0 Å². The molecule has 2 aromatic carbocycles. The largest absolute Gasteiger partial charge is 0.399 e. The van der Waals surface area contributed by atoms with E-state index in [1.165, 1.54) is 16.0 Å². The standard InChI is InChI=1S/C19H20N2S/c1-12(2)14-7-9-15(10-8-14)18-13(3)22-19(21-18)16-5-4-6-17(20)11-16/h4-12H,20H2,1-3H3. The number of hydrogen-bond acceptors (Lipinski definition) is 3. The van der Waals surface area contributed by atoms with E-state index in [2.05, 4.69) is 51.1 Å². The summed E-state index contributed by atoms with van der Waals surface area (Å²) in [6, 6.07) is 16.6. The molecule has 0 radical (unpaired) electrons. The Morgan fingerprint density at radius 3 is 2.36 bits per heavy atom. The Morgan fingerprint density at radius 1 is 1.00 bits per heavy atom. The molecule has 112 valence electrons. The van der Waals surface area contributed by atoms with Crippen molar-refractivity contribution in [2.45, 2.75) is 26.7 Å². The minimum atomic E-state index is 0.549. The number of hydrogen-bond donors (Lipinski definition) is 1. The number of benzene rings is 2. The van der Waals surface area contributed by atoms with Crippen LogP contribution in [0.15, 0.2) is 48.5 Å². The predicted molar refractivity (Wildman–Crippen MR) is 96.2 cm³/mol. The third-order valence-electron chi connectivity index (χ3n) is 3.78. The zero-order valence-corrected chi connectivity index (χ0v) is 13.9. The SMILES string of the molecule is Cc1sc(-c2cccc(N)c2)nc1-c1ccc(C(C)C)cc1. The second-order valence-corrected chi connectivity index (χ2v) is 7.03. The zero-order valence-electron chi connectivity index (χ0n) is 13.1. The number of aromatic nitrogens is 1. The van der Waals surface area contributed by atoms with Crippen molar-refractivity contribution in [1.29, 1.82) is 0 Å². The van der Waals surface area contributed by atoms with Crippen LogP contribution in [0, 0.1) is 6.92 Å². The first kappa shape index (κ1) is 14.8. The molecule has 22 heavy (non-hydrogen) atoms. The molecule has 2 nitrogen and oxygen atoms in total. The number of nitrogens with zero attached hydrogens (tertiary/aromatic N) is 1. The van der Waals surface area contributed by atoms with Crippen LogP contribution in [0.25, 0.3) is 21.8 Å². The maximum Gasteiger partial charge on any atom is 0.124 e. The van der Waals surface area contributed by atoms with Crippen LogP contribution in [-0.2, 0) is 0 Å². The Balaban J connectivity index is 1.99. The summed E-state index contributed by atoms with van der Waals surface area (Å²) >= 11 is 1.71. The van der Waals surface area contributed by atoms with Crippen LogP contribution in [-0.4, -0.2) is 4.98 Å². The fourth-order valence-corrected chi connectivity index (χ4v) is 3.42. The molecule has 3 aromatic rings. The molecule has 2 N–H and O–H groups in total. The van der Waals surface area contributed by atoms with Crippen molar-refractivity contribution in [3.05, 3.63) is 59.0 Å². The summed E-state index contributed by atoms with van der Waals surface area (Å²) in [5.74, 6) is 0.549. The maximum atomic E-state index is 5.87. The van der Waals surface area contributed by atoms with Gasteiger partial charge in [0, 0.05) is 21.7 Å². The van der Waals surface area contributed by atoms with Crippen LogP contribution in [0.3, 0.4) is 0 Å². The highest BCUT2D eigenvalue weighted by Crippen LogP contribution is 2.34. The van der Waals surface area contributed by atoms with Gasteiger partial charge >= 0.3 is 0 Å². The number of thiazole rings is 1. The molecule has 0 aliphatic carbocycles. The van der Waals surface area contributed by atoms with Gasteiger partial charge in [0.2, 0.25) is 0 Å². The van der Waals surface area contributed by atoms with Crippen LogP contribution in [0.5, 0.6) is 0 Å². The Hall–Kier alpha value is -2.13. The lowest BCUT2D eigenvalue weighted by atomic mass is 10.0. The highest BCUT2D eigenvalue weighted by Gasteiger charge is 2.12. The second-order valence-electron chi connectivity index (χ2n) is 5.83. The van der Waals surface area contributed by atoms with E-state index in [0.717, 1.165) is 22.0 Å². The predicted octanol–water partition coefficient (Wildman–Crippen LogP) is 5.49. The van der Waals surface area contributed by atoms with Crippen molar-refractivity contribution in [2.24, 2.45) is 0 Å². The highest BCUT2D eigenvalue weighted by atomic mass is 32.1. The number of aryl methyl sites for hydroxylation is 1. The van der Waals surface area contributed by atoms with Gasteiger partial charge in [0.1, 0.15) is 5.01 Å². The first-order valence-electron chi connectivity index (χ1n) is 7.48. The summed E-state index contributed by atoms with van der Waals surface area (Å²) < 4.78 is 0. The van der Waals surface area contributed by atoms with Gasteiger partial charge in [-0.3, -0.25) is 0 Å². The molecule has 3 rings (SSSR count). The number of rotatable bonds is 3. The van der Waals surface area contributed by atoms with E-state index < -0.39 is 0 Å². The number of nitrogen functional groups attached to an aromatic ring is 1. The summed E-state index contributed by atoms with van der Waals surface area (Å²) in [6.07, 6.45) is 0. The molecule has 3 heteroatoms. The molecule has 0 saturated carbocycles. The minimum Gasteiger partial charge on any atom is -0.399 e. The molecule has 0 saturated heterocycles. The van der Waals surface area contributed by atoms with Gasteiger partial charge in [-0.2, -0.15) is 0 Å². The highest BCUT2D eigenvalue weighted by molar-refractivity contribution is 7.15. The van der Waals surface area contributed by atoms with E-state index in [1.54, 1.807) is 11.3 Å². The quantitative estimate of drug-likeness (QED) is 0.650. The third kappa shape index (κ3) is 2.90. The maximum absolute atomic E-state index is 5.87. The fourth-order valence-electron chi connectivity index (χ4n) is 2.49. The average molecular weight is 308 g/mol. The van der Waals surface area contributed by atoms with E-state index in [-0.39, 0.29) is 0 Å². The van der Waals surface area contributed by atoms with Crippen LogP contribution in [0.1, 0.15) is 30.2 Å².